The number of ether oxygens (including phenoxy) is 1. The molecule has 2 fully saturated rings. The Morgan fingerprint density at radius 1 is 1.10 bits per heavy atom. The Labute approximate surface area is 119 Å². The van der Waals surface area contributed by atoms with Gasteiger partial charge in [-0.1, -0.05) is 12.8 Å². The number of hydrogen-bond donors (Lipinski definition) is 3. The van der Waals surface area contributed by atoms with Crippen molar-refractivity contribution in [2.24, 2.45) is 5.92 Å². The van der Waals surface area contributed by atoms with Crippen LogP contribution in [0.2, 0.25) is 0 Å². The number of amides is 2. The van der Waals surface area contributed by atoms with Gasteiger partial charge in [0, 0.05) is 19.2 Å². The smallest absolute Gasteiger partial charge is 0.315 e. The number of rotatable bonds is 4. The van der Waals surface area contributed by atoms with Gasteiger partial charge in [0.2, 0.25) is 0 Å². The van der Waals surface area contributed by atoms with Crippen molar-refractivity contribution in [2.45, 2.75) is 63.1 Å². The molecule has 2 aliphatic rings. The van der Waals surface area contributed by atoms with Gasteiger partial charge in [0.25, 0.3) is 0 Å². The lowest BCUT2D eigenvalue weighted by Crippen LogP contribution is -2.50. The summed E-state index contributed by atoms with van der Waals surface area (Å²) in [6.07, 6.45) is 6.23. The third-order valence-electron chi connectivity index (χ3n) is 4.45. The average Bonchev–Trinajstić information content (AvgIpc) is 2.86. The van der Waals surface area contributed by atoms with Crippen molar-refractivity contribution in [1.29, 1.82) is 0 Å². The number of methoxy groups -OCH3 is 1. The first-order valence-corrected chi connectivity index (χ1v) is 7.42. The van der Waals surface area contributed by atoms with E-state index in [0.29, 0.717) is 6.42 Å². The average molecular weight is 284 g/mol. The molecule has 2 aliphatic carbocycles. The van der Waals surface area contributed by atoms with Gasteiger partial charge < -0.3 is 20.5 Å². The van der Waals surface area contributed by atoms with E-state index in [9.17, 15) is 14.7 Å². The van der Waals surface area contributed by atoms with E-state index >= 15 is 0 Å². The van der Waals surface area contributed by atoms with E-state index < -0.39 is 11.9 Å². The Kier molecular flexibility index (Phi) is 5.23. The summed E-state index contributed by atoms with van der Waals surface area (Å²) in [7, 11) is 1.69. The molecule has 0 aliphatic heterocycles. The topological polar surface area (TPSA) is 87.7 Å². The monoisotopic (exact) mass is 284 g/mol. The minimum Gasteiger partial charge on any atom is -0.481 e. The number of aliphatic carboxylic acids is 1. The van der Waals surface area contributed by atoms with Crippen LogP contribution >= 0.6 is 0 Å². The zero-order valence-electron chi connectivity index (χ0n) is 11.9. The number of nitrogens with one attached hydrogen (secondary N) is 2. The van der Waals surface area contributed by atoms with Gasteiger partial charge in [-0.25, -0.2) is 4.79 Å². The zero-order chi connectivity index (χ0) is 14.5. The zero-order valence-corrected chi connectivity index (χ0v) is 11.9. The lowest BCUT2D eigenvalue weighted by atomic mass is 9.84. The molecule has 4 unspecified atom stereocenters. The van der Waals surface area contributed by atoms with Gasteiger partial charge in [-0.15, -0.1) is 0 Å². The van der Waals surface area contributed by atoms with Crippen molar-refractivity contribution >= 4 is 12.0 Å². The fraction of sp³-hybridized carbons (Fsp3) is 0.857. The van der Waals surface area contributed by atoms with Crippen molar-refractivity contribution in [3.05, 3.63) is 0 Å². The number of urea groups is 1. The van der Waals surface area contributed by atoms with Gasteiger partial charge >= 0.3 is 12.0 Å². The maximum absolute atomic E-state index is 12.0. The summed E-state index contributed by atoms with van der Waals surface area (Å²) in [6.45, 7) is 0. The number of carboxylic acids is 1. The molecule has 4 atom stereocenters. The molecule has 0 spiro atoms. The molecule has 0 heterocycles. The highest BCUT2D eigenvalue weighted by atomic mass is 16.5. The molecule has 114 valence electrons. The van der Waals surface area contributed by atoms with Gasteiger partial charge in [0.15, 0.2) is 0 Å². The normalized spacial score (nSPS) is 33.6. The summed E-state index contributed by atoms with van der Waals surface area (Å²) in [5.41, 5.74) is 0. The van der Waals surface area contributed by atoms with Crippen molar-refractivity contribution in [3.63, 3.8) is 0 Å². The molecule has 0 aromatic carbocycles. The highest BCUT2D eigenvalue weighted by Gasteiger charge is 2.32. The quantitative estimate of drug-likeness (QED) is 0.730. The van der Waals surface area contributed by atoms with Crippen LogP contribution in [-0.2, 0) is 9.53 Å². The summed E-state index contributed by atoms with van der Waals surface area (Å²) in [6, 6.07) is -0.363. The second-order valence-corrected chi connectivity index (χ2v) is 5.82. The van der Waals surface area contributed by atoms with Crippen LogP contribution in [0, 0.1) is 5.92 Å². The fourth-order valence-corrected chi connectivity index (χ4v) is 3.28. The number of hydrogen-bond acceptors (Lipinski definition) is 3. The Bertz CT molecular complexity index is 361. The SMILES string of the molecule is COC1CCC(NC(=O)NC2CCCCC2C(=O)O)C1. The van der Waals surface area contributed by atoms with E-state index in [0.717, 1.165) is 38.5 Å². The Morgan fingerprint density at radius 2 is 1.85 bits per heavy atom. The van der Waals surface area contributed by atoms with Crippen LogP contribution in [0.1, 0.15) is 44.9 Å². The number of carboxylic acid groups (broad SMARTS) is 1. The molecule has 0 bridgehead atoms. The van der Waals surface area contributed by atoms with Crippen LogP contribution in [0.25, 0.3) is 0 Å². The molecule has 20 heavy (non-hydrogen) atoms. The minimum absolute atomic E-state index is 0.131. The molecule has 2 rings (SSSR count). The van der Waals surface area contributed by atoms with Crippen LogP contribution in [0.4, 0.5) is 4.79 Å². The first kappa shape index (κ1) is 15.1. The lowest BCUT2D eigenvalue weighted by molar-refractivity contribution is -0.143. The second-order valence-electron chi connectivity index (χ2n) is 5.82. The molecular weight excluding hydrogens is 260 g/mol. The van der Waals surface area contributed by atoms with Crippen molar-refractivity contribution in [3.8, 4) is 0 Å². The van der Waals surface area contributed by atoms with E-state index in [2.05, 4.69) is 10.6 Å². The molecule has 2 saturated carbocycles. The molecule has 6 nitrogen and oxygen atoms in total. The van der Waals surface area contributed by atoms with E-state index in [4.69, 9.17) is 4.74 Å². The molecule has 0 saturated heterocycles. The largest absolute Gasteiger partial charge is 0.481 e. The summed E-state index contributed by atoms with van der Waals surface area (Å²) < 4.78 is 5.27. The standard InChI is InChI=1S/C14H24N2O4/c1-20-10-7-6-9(8-10)15-14(19)16-12-5-3-2-4-11(12)13(17)18/h9-12H,2-8H2,1H3,(H,17,18)(H2,15,16,19). The predicted molar refractivity (Wildman–Crippen MR) is 73.5 cm³/mol. The Hall–Kier alpha value is -1.30. The number of carbonyl (C=O) groups is 2. The van der Waals surface area contributed by atoms with E-state index in [1.165, 1.54) is 0 Å². The third kappa shape index (κ3) is 3.85. The van der Waals surface area contributed by atoms with Crippen LogP contribution in [0.5, 0.6) is 0 Å². The maximum Gasteiger partial charge on any atom is 0.315 e. The van der Waals surface area contributed by atoms with E-state index in [-0.39, 0.29) is 24.2 Å². The first-order valence-electron chi connectivity index (χ1n) is 7.42. The summed E-state index contributed by atoms with van der Waals surface area (Å²) in [5, 5.41) is 14.9. The Morgan fingerprint density at radius 3 is 2.50 bits per heavy atom. The van der Waals surface area contributed by atoms with Gasteiger partial charge in [-0.3, -0.25) is 4.79 Å². The number of carbonyl (C=O) groups excluding carboxylic acids is 1. The van der Waals surface area contributed by atoms with Gasteiger partial charge in [-0.05, 0) is 32.1 Å². The highest BCUT2D eigenvalue weighted by molar-refractivity contribution is 5.77. The maximum atomic E-state index is 12.0. The van der Waals surface area contributed by atoms with Crippen molar-refractivity contribution < 1.29 is 19.4 Å². The molecule has 0 aromatic heterocycles. The van der Waals surface area contributed by atoms with Crippen LogP contribution in [0.15, 0.2) is 0 Å². The second kappa shape index (κ2) is 6.92. The lowest BCUT2D eigenvalue weighted by Gasteiger charge is -2.29. The van der Waals surface area contributed by atoms with Crippen molar-refractivity contribution in [1.82, 2.24) is 10.6 Å². The molecule has 2 amide bonds. The van der Waals surface area contributed by atoms with Gasteiger partial charge in [0.05, 0.1) is 12.0 Å². The first-order chi connectivity index (χ1) is 9.60. The molecule has 0 aromatic rings. The van der Waals surface area contributed by atoms with Crippen LogP contribution in [0.3, 0.4) is 0 Å². The minimum atomic E-state index is -0.810. The highest BCUT2D eigenvalue weighted by Crippen LogP contribution is 2.25. The predicted octanol–water partition coefficient (Wildman–Crippen LogP) is 1.50. The van der Waals surface area contributed by atoms with Gasteiger partial charge in [-0.2, -0.15) is 0 Å². The third-order valence-corrected chi connectivity index (χ3v) is 4.45. The molecule has 6 heteroatoms. The summed E-state index contributed by atoms with van der Waals surface area (Å²) in [4.78, 5) is 23.2. The summed E-state index contributed by atoms with van der Waals surface area (Å²) in [5.74, 6) is -1.26. The van der Waals surface area contributed by atoms with E-state index in [1.54, 1.807) is 7.11 Å². The van der Waals surface area contributed by atoms with Gasteiger partial charge in [0.1, 0.15) is 0 Å². The fourth-order valence-electron chi connectivity index (χ4n) is 3.28. The van der Waals surface area contributed by atoms with Crippen molar-refractivity contribution in [2.75, 3.05) is 7.11 Å². The Balaban J connectivity index is 1.80. The van der Waals surface area contributed by atoms with Crippen LogP contribution < -0.4 is 10.6 Å². The molecule has 3 N–H and O–H groups in total. The van der Waals surface area contributed by atoms with Crippen LogP contribution in [-0.4, -0.2) is 42.4 Å². The summed E-state index contributed by atoms with van der Waals surface area (Å²) >= 11 is 0. The molecular formula is C14H24N2O4. The molecule has 0 radical (unpaired) electrons. The van der Waals surface area contributed by atoms with E-state index in [1.807, 2.05) is 0 Å².